The summed E-state index contributed by atoms with van der Waals surface area (Å²) in [4.78, 5) is 14.8. The van der Waals surface area contributed by atoms with Crippen LogP contribution in [0.4, 0.5) is 0 Å². The van der Waals surface area contributed by atoms with E-state index in [0.717, 1.165) is 38.1 Å². The lowest BCUT2D eigenvalue weighted by Crippen LogP contribution is -2.50. The minimum absolute atomic E-state index is 0.234. The second-order valence-electron chi connectivity index (χ2n) is 8.50. The molecule has 1 amide bonds. The molecule has 0 spiro atoms. The molecule has 1 aliphatic carbocycles. The zero-order valence-corrected chi connectivity index (χ0v) is 16.7. The van der Waals surface area contributed by atoms with Crippen LogP contribution < -0.4 is 14.8 Å². The first-order chi connectivity index (χ1) is 13.6. The molecule has 1 saturated carbocycles. The third-order valence-corrected chi connectivity index (χ3v) is 6.56. The Morgan fingerprint density at radius 2 is 1.96 bits per heavy atom. The van der Waals surface area contributed by atoms with E-state index < -0.39 is 6.10 Å². The van der Waals surface area contributed by atoms with Gasteiger partial charge < -0.3 is 24.8 Å². The van der Waals surface area contributed by atoms with E-state index in [4.69, 9.17) is 9.47 Å². The molecule has 4 atom stereocenters. The lowest BCUT2D eigenvalue weighted by atomic mass is 9.95. The van der Waals surface area contributed by atoms with Crippen LogP contribution >= 0.6 is 0 Å². The van der Waals surface area contributed by atoms with Gasteiger partial charge >= 0.3 is 0 Å². The van der Waals surface area contributed by atoms with E-state index in [0.29, 0.717) is 36.8 Å². The van der Waals surface area contributed by atoms with Crippen molar-refractivity contribution in [3.63, 3.8) is 0 Å². The van der Waals surface area contributed by atoms with Crippen LogP contribution in [0.15, 0.2) is 24.3 Å². The van der Waals surface area contributed by atoms with Gasteiger partial charge in [-0.1, -0.05) is 25.5 Å². The van der Waals surface area contributed by atoms with Crippen molar-refractivity contribution >= 4 is 5.91 Å². The number of fused-ring (bicyclic) bond motifs is 1. The lowest BCUT2D eigenvalue weighted by molar-refractivity contribution is -0.137. The van der Waals surface area contributed by atoms with E-state index >= 15 is 0 Å². The van der Waals surface area contributed by atoms with Gasteiger partial charge in [-0.3, -0.25) is 4.79 Å². The zero-order valence-electron chi connectivity index (χ0n) is 16.7. The summed E-state index contributed by atoms with van der Waals surface area (Å²) in [6, 6.07) is 7.87. The Morgan fingerprint density at radius 1 is 1.21 bits per heavy atom. The number of ether oxygens (including phenoxy) is 2. The largest absolute Gasteiger partial charge is 0.486 e. The molecule has 2 heterocycles. The van der Waals surface area contributed by atoms with Crippen molar-refractivity contribution in [2.45, 2.75) is 57.3 Å². The summed E-state index contributed by atoms with van der Waals surface area (Å²) in [6.45, 7) is 4.65. The summed E-state index contributed by atoms with van der Waals surface area (Å²) in [7, 11) is 0. The van der Waals surface area contributed by atoms with Gasteiger partial charge in [0.2, 0.25) is 5.91 Å². The van der Waals surface area contributed by atoms with Gasteiger partial charge in [0.1, 0.15) is 12.7 Å². The maximum absolute atomic E-state index is 12.7. The summed E-state index contributed by atoms with van der Waals surface area (Å²) < 4.78 is 11.6. The molecule has 1 aromatic carbocycles. The summed E-state index contributed by atoms with van der Waals surface area (Å²) in [5.74, 6) is 2.53. The Bertz CT molecular complexity index is 674. The molecule has 28 heavy (non-hydrogen) atoms. The molecule has 6 heteroatoms. The zero-order chi connectivity index (χ0) is 19.5. The average Bonchev–Trinajstić information content (AvgIpc) is 3.17. The summed E-state index contributed by atoms with van der Waals surface area (Å²) in [6.07, 6.45) is 4.29. The van der Waals surface area contributed by atoms with Crippen LogP contribution in [-0.4, -0.2) is 60.4 Å². The van der Waals surface area contributed by atoms with E-state index in [1.54, 1.807) is 0 Å². The molecule has 2 aliphatic heterocycles. The molecule has 2 N–H and O–H groups in total. The SMILES string of the molecule is CC1CCCC1C(=O)N1CCC(NCC(O)C2COc3ccccc3O2)CC1. The maximum atomic E-state index is 12.7. The fourth-order valence-corrected chi connectivity index (χ4v) is 4.70. The van der Waals surface area contributed by atoms with Crippen LogP contribution in [-0.2, 0) is 4.79 Å². The van der Waals surface area contributed by atoms with Gasteiger partial charge in [0.15, 0.2) is 17.6 Å². The number of carbonyl (C=O) groups is 1. The number of likely N-dealkylation sites (tertiary alicyclic amines) is 1. The number of para-hydroxylation sites is 2. The van der Waals surface area contributed by atoms with Crippen LogP contribution in [0.5, 0.6) is 11.5 Å². The highest BCUT2D eigenvalue weighted by Gasteiger charge is 2.34. The van der Waals surface area contributed by atoms with Crippen LogP contribution in [0.25, 0.3) is 0 Å². The normalized spacial score (nSPS) is 28.9. The summed E-state index contributed by atoms with van der Waals surface area (Å²) in [5, 5.41) is 14.0. The van der Waals surface area contributed by atoms with Crippen molar-refractivity contribution in [3.8, 4) is 11.5 Å². The van der Waals surface area contributed by atoms with Gasteiger partial charge in [-0.05, 0) is 43.7 Å². The molecule has 1 aromatic rings. The van der Waals surface area contributed by atoms with Crippen LogP contribution in [0.3, 0.4) is 0 Å². The number of nitrogens with zero attached hydrogens (tertiary/aromatic N) is 1. The number of nitrogens with one attached hydrogen (secondary N) is 1. The number of hydrogen-bond acceptors (Lipinski definition) is 5. The Hall–Kier alpha value is -1.79. The number of carbonyl (C=O) groups excluding carboxylic acids is 1. The molecule has 6 nitrogen and oxygen atoms in total. The Kier molecular flexibility index (Phi) is 6.07. The highest BCUT2D eigenvalue weighted by Crippen LogP contribution is 2.33. The summed E-state index contributed by atoms with van der Waals surface area (Å²) in [5.41, 5.74) is 0. The minimum Gasteiger partial charge on any atom is -0.486 e. The van der Waals surface area contributed by atoms with E-state index in [1.165, 1.54) is 12.8 Å². The smallest absolute Gasteiger partial charge is 0.225 e. The third kappa shape index (κ3) is 4.28. The van der Waals surface area contributed by atoms with Crippen molar-refractivity contribution in [2.24, 2.45) is 11.8 Å². The molecule has 0 bridgehead atoms. The predicted octanol–water partition coefficient (Wildman–Crippen LogP) is 2.20. The molecule has 0 radical (unpaired) electrons. The lowest BCUT2D eigenvalue weighted by Gasteiger charge is -2.36. The number of hydrogen-bond donors (Lipinski definition) is 2. The van der Waals surface area contributed by atoms with Gasteiger partial charge in [-0.2, -0.15) is 0 Å². The molecule has 1 saturated heterocycles. The van der Waals surface area contributed by atoms with Crippen molar-refractivity contribution < 1.29 is 19.4 Å². The number of aliphatic hydroxyl groups excluding tert-OH is 1. The standard InChI is InChI=1S/C22H32N2O4/c1-15-5-4-6-17(15)22(26)24-11-9-16(10-12-24)23-13-18(25)21-14-27-19-7-2-3-8-20(19)28-21/h2-3,7-8,15-18,21,23,25H,4-6,9-14H2,1H3. The van der Waals surface area contributed by atoms with Gasteiger partial charge in [0, 0.05) is 31.6 Å². The fraction of sp³-hybridized carbons (Fsp3) is 0.682. The molecule has 4 rings (SSSR count). The number of aliphatic hydroxyl groups is 1. The van der Waals surface area contributed by atoms with Crippen LogP contribution in [0, 0.1) is 11.8 Å². The third-order valence-electron chi connectivity index (χ3n) is 6.56. The Morgan fingerprint density at radius 3 is 2.68 bits per heavy atom. The molecular formula is C22H32N2O4. The monoisotopic (exact) mass is 388 g/mol. The molecule has 154 valence electrons. The van der Waals surface area contributed by atoms with Gasteiger partial charge in [-0.15, -0.1) is 0 Å². The molecule has 3 aliphatic rings. The first kappa shape index (κ1) is 19.5. The van der Waals surface area contributed by atoms with Gasteiger partial charge in [0.25, 0.3) is 0 Å². The number of benzene rings is 1. The highest BCUT2D eigenvalue weighted by molar-refractivity contribution is 5.79. The average molecular weight is 389 g/mol. The Labute approximate surface area is 167 Å². The summed E-state index contributed by atoms with van der Waals surface area (Å²) >= 11 is 0. The first-order valence-electron chi connectivity index (χ1n) is 10.7. The highest BCUT2D eigenvalue weighted by atomic mass is 16.6. The fourth-order valence-electron chi connectivity index (χ4n) is 4.70. The number of piperidine rings is 1. The second kappa shape index (κ2) is 8.70. The predicted molar refractivity (Wildman–Crippen MR) is 106 cm³/mol. The van der Waals surface area contributed by atoms with Crippen molar-refractivity contribution in [1.29, 1.82) is 0 Å². The van der Waals surface area contributed by atoms with Crippen molar-refractivity contribution in [3.05, 3.63) is 24.3 Å². The molecule has 0 aromatic heterocycles. The van der Waals surface area contributed by atoms with Gasteiger partial charge in [-0.25, -0.2) is 0 Å². The van der Waals surface area contributed by atoms with Gasteiger partial charge in [0.05, 0.1) is 0 Å². The van der Waals surface area contributed by atoms with Crippen molar-refractivity contribution in [2.75, 3.05) is 26.2 Å². The number of rotatable bonds is 5. The molecular weight excluding hydrogens is 356 g/mol. The number of amides is 1. The van der Waals surface area contributed by atoms with E-state index in [2.05, 4.69) is 17.1 Å². The molecule has 2 fully saturated rings. The molecule has 4 unspecified atom stereocenters. The Balaban J connectivity index is 1.20. The van der Waals surface area contributed by atoms with Crippen LogP contribution in [0.2, 0.25) is 0 Å². The topological polar surface area (TPSA) is 71.0 Å². The first-order valence-corrected chi connectivity index (χ1v) is 10.7. The minimum atomic E-state index is -0.632. The van der Waals surface area contributed by atoms with Crippen molar-refractivity contribution in [1.82, 2.24) is 10.2 Å². The second-order valence-corrected chi connectivity index (χ2v) is 8.50. The van der Waals surface area contributed by atoms with E-state index in [9.17, 15) is 9.90 Å². The van der Waals surface area contributed by atoms with E-state index in [1.807, 2.05) is 24.3 Å². The van der Waals surface area contributed by atoms with Crippen LogP contribution in [0.1, 0.15) is 39.0 Å². The maximum Gasteiger partial charge on any atom is 0.225 e. The van der Waals surface area contributed by atoms with E-state index in [-0.39, 0.29) is 12.0 Å². The quantitative estimate of drug-likeness (QED) is 0.809.